The highest BCUT2D eigenvalue weighted by Gasteiger charge is 2.29. The number of nitrogens with zero attached hydrogens (tertiary/aromatic N) is 3. The molecular formula is C12H14BrN3OS. The Kier molecular flexibility index (Phi) is 3.50. The maximum atomic E-state index is 5.09. The number of aromatic nitrogens is 2. The van der Waals surface area contributed by atoms with Gasteiger partial charge in [-0.25, -0.2) is 0 Å². The van der Waals surface area contributed by atoms with E-state index >= 15 is 0 Å². The molecule has 1 fully saturated rings. The topological polar surface area (TPSA) is 42.2 Å². The summed E-state index contributed by atoms with van der Waals surface area (Å²) in [6, 6.07) is 4.58. The third kappa shape index (κ3) is 2.50. The van der Waals surface area contributed by atoms with Crippen LogP contribution in [-0.2, 0) is 6.54 Å². The van der Waals surface area contributed by atoms with Gasteiger partial charge in [-0.1, -0.05) is 5.16 Å². The zero-order chi connectivity index (χ0) is 12.5. The average Bonchev–Trinajstić information content (AvgIpc) is 3.01. The Morgan fingerprint density at radius 3 is 3.11 bits per heavy atom. The summed E-state index contributed by atoms with van der Waals surface area (Å²) in [4.78, 5) is 8.17. The molecule has 3 heterocycles. The molecule has 0 unspecified atom stereocenters. The van der Waals surface area contributed by atoms with Crippen molar-refractivity contribution in [2.24, 2.45) is 0 Å². The van der Waals surface area contributed by atoms with Gasteiger partial charge in [0.05, 0.1) is 9.83 Å². The standard InChI is InChI=1S/C12H14BrN3OS/c1-8-14-12(15-17-8)10-3-2-6-16(10)7-9-4-5-11(13)18-9/h4-5,10H,2-3,6-7H2,1H3/t10-/m0/s1. The Bertz CT molecular complexity index is 539. The van der Waals surface area contributed by atoms with Gasteiger partial charge in [-0.05, 0) is 47.4 Å². The van der Waals surface area contributed by atoms with Gasteiger partial charge in [0.25, 0.3) is 0 Å². The molecule has 2 aromatic rings. The first-order chi connectivity index (χ1) is 8.72. The van der Waals surface area contributed by atoms with Crippen molar-refractivity contribution in [3.63, 3.8) is 0 Å². The second-order valence-corrected chi connectivity index (χ2v) is 7.05. The van der Waals surface area contributed by atoms with E-state index in [0.29, 0.717) is 11.9 Å². The minimum Gasteiger partial charge on any atom is -0.340 e. The largest absolute Gasteiger partial charge is 0.340 e. The lowest BCUT2D eigenvalue weighted by molar-refractivity contribution is 0.236. The van der Waals surface area contributed by atoms with Gasteiger partial charge in [0.2, 0.25) is 5.89 Å². The van der Waals surface area contributed by atoms with Crippen molar-refractivity contribution >= 4 is 27.3 Å². The lowest BCUT2D eigenvalue weighted by atomic mass is 10.2. The second kappa shape index (κ2) is 5.11. The first-order valence-corrected chi connectivity index (χ1v) is 7.62. The molecule has 96 valence electrons. The zero-order valence-electron chi connectivity index (χ0n) is 10.1. The lowest BCUT2D eigenvalue weighted by Gasteiger charge is -2.20. The average molecular weight is 328 g/mol. The predicted octanol–water partition coefficient (Wildman–Crippen LogP) is 3.54. The highest BCUT2D eigenvalue weighted by Crippen LogP contribution is 2.33. The van der Waals surface area contributed by atoms with E-state index in [1.807, 2.05) is 6.92 Å². The molecule has 0 bridgehead atoms. The SMILES string of the molecule is Cc1nc([C@@H]2CCCN2Cc2ccc(Br)s2)no1. The fourth-order valence-corrected chi connectivity index (χ4v) is 3.90. The van der Waals surface area contributed by atoms with Gasteiger partial charge in [-0.2, -0.15) is 4.98 Å². The van der Waals surface area contributed by atoms with Crippen LogP contribution < -0.4 is 0 Å². The summed E-state index contributed by atoms with van der Waals surface area (Å²) in [6.45, 7) is 3.91. The van der Waals surface area contributed by atoms with Crippen LogP contribution in [0.4, 0.5) is 0 Å². The quantitative estimate of drug-likeness (QED) is 0.864. The summed E-state index contributed by atoms with van der Waals surface area (Å²) in [6.07, 6.45) is 2.32. The zero-order valence-corrected chi connectivity index (χ0v) is 12.5. The molecule has 1 aliphatic rings. The monoisotopic (exact) mass is 327 g/mol. The van der Waals surface area contributed by atoms with Crippen LogP contribution in [0.3, 0.4) is 0 Å². The van der Waals surface area contributed by atoms with Crippen LogP contribution >= 0.6 is 27.3 Å². The second-order valence-electron chi connectivity index (χ2n) is 4.51. The minimum atomic E-state index is 0.309. The van der Waals surface area contributed by atoms with Crippen molar-refractivity contribution in [3.05, 3.63) is 32.5 Å². The number of aryl methyl sites for hydroxylation is 1. The molecule has 6 heteroatoms. The normalized spacial score (nSPS) is 20.7. The van der Waals surface area contributed by atoms with Crippen molar-refractivity contribution in [1.29, 1.82) is 0 Å². The van der Waals surface area contributed by atoms with Crippen LogP contribution in [-0.4, -0.2) is 21.6 Å². The van der Waals surface area contributed by atoms with E-state index in [-0.39, 0.29) is 0 Å². The molecule has 0 spiro atoms. The number of halogens is 1. The summed E-state index contributed by atoms with van der Waals surface area (Å²) in [5, 5.41) is 4.06. The minimum absolute atomic E-state index is 0.309. The lowest BCUT2D eigenvalue weighted by Crippen LogP contribution is -2.23. The first-order valence-electron chi connectivity index (χ1n) is 6.01. The van der Waals surface area contributed by atoms with Crippen LogP contribution in [0.25, 0.3) is 0 Å². The number of thiophene rings is 1. The molecule has 1 saturated heterocycles. The summed E-state index contributed by atoms with van der Waals surface area (Å²) >= 11 is 5.29. The van der Waals surface area contributed by atoms with Gasteiger partial charge in [0.15, 0.2) is 5.82 Å². The van der Waals surface area contributed by atoms with Crippen LogP contribution in [0.5, 0.6) is 0 Å². The molecule has 18 heavy (non-hydrogen) atoms. The summed E-state index contributed by atoms with van der Waals surface area (Å²) in [5.41, 5.74) is 0. The smallest absolute Gasteiger partial charge is 0.223 e. The molecule has 4 nitrogen and oxygen atoms in total. The van der Waals surface area contributed by atoms with E-state index < -0.39 is 0 Å². The number of rotatable bonds is 3. The van der Waals surface area contributed by atoms with E-state index in [1.165, 1.54) is 15.1 Å². The van der Waals surface area contributed by atoms with Gasteiger partial charge in [0.1, 0.15) is 0 Å². The van der Waals surface area contributed by atoms with E-state index in [2.05, 4.69) is 43.1 Å². The van der Waals surface area contributed by atoms with E-state index in [1.54, 1.807) is 11.3 Å². The maximum absolute atomic E-state index is 5.09. The highest BCUT2D eigenvalue weighted by atomic mass is 79.9. The van der Waals surface area contributed by atoms with Crippen molar-refractivity contribution in [2.45, 2.75) is 32.4 Å². The Morgan fingerprint density at radius 2 is 2.44 bits per heavy atom. The molecule has 0 aliphatic carbocycles. The number of hydrogen-bond acceptors (Lipinski definition) is 5. The van der Waals surface area contributed by atoms with Gasteiger partial charge < -0.3 is 4.52 Å². The van der Waals surface area contributed by atoms with Crippen molar-refractivity contribution < 1.29 is 4.52 Å². The van der Waals surface area contributed by atoms with Crippen LogP contribution in [0.15, 0.2) is 20.4 Å². The van der Waals surface area contributed by atoms with Crippen LogP contribution in [0, 0.1) is 6.92 Å². The fraction of sp³-hybridized carbons (Fsp3) is 0.500. The molecule has 0 aromatic carbocycles. The molecule has 0 radical (unpaired) electrons. The third-order valence-corrected chi connectivity index (χ3v) is 4.80. The van der Waals surface area contributed by atoms with E-state index in [0.717, 1.165) is 25.3 Å². The van der Waals surface area contributed by atoms with Gasteiger partial charge in [0, 0.05) is 18.3 Å². The molecule has 3 rings (SSSR count). The molecule has 0 N–H and O–H groups in total. The maximum Gasteiger partial charge on any atom is 0.223 e. The molecule has 1 atom stereocenters. The fourth-order valence-electron chi connectivity index (χ4n) is 2.39. The highest BCUT2D eigenvalue weighted by molar-refractivity contribution is 9.11. The van der Waals surface area contributed by atoms with Gasteiger partial charge in [-0.15, -0.1) is 11.3 Å². The Labute approximate surface area is 118 Å². The van der Waals surface area contributed by atoms with Gasteiger partial charge >= 0.3 is 0 Å². The Balaban J connectivity index is 1.75. The van der Waals surface area contributed by atoms with E-state index in [9.17, 15) is 0 Å². The summed E-state index contributed by atoms with van der Waals surface area (Å²) in [5.74, 6) is 1.48. The molecule has 0 saturated carbocycles. The summed E-state index contributed by atoms with van der Waals surface area (Å²) < 4.78 is 6.27. The predicted molar refractivity (Wildman–Crippen MR) is 73.4 cm³/mol. The third-order valence-electron chi connectivity index (χ3n) is 3.19. The van der Waals surface area contributed by atoms with E-state index in [4.69, 9.17) is 4.52 Å². The number of hydrogen-bond donors (Lipinski definition) is 0. The molecule has 2 aromatic heterocycles. The van der Waals surface area contributed by atoms with Crippen molar-refractivity contribution in [3.8, 4) is 0 Å². The molecule has 0 amide bonds. The molecule has 1 aliphatic heterocycles. The summed E-state index contributed by atoms with van der Waals surface area (Å²) in [7, 11) is 0. The van der Waals surface area contributed by atoms with Crippen LogP contribution in [0.2, 0.25) is 0 Å². The Hall–Kier alpha value is -0.720. The Morgan fingerprint density at radius 1 is 1.56 bits per heavy atom. The van der Waals surface area contributed by atoms with Crippen molar-refractivity contribution in [2.75, 3.05) is 6.54 Å². The van der Waals surface area contributed by atoms with Crippen molar-refractivity contribution in [1.82, 2.24) is 15.0 Å². The molecular weight excluding hydrogens is 314 g/mol. The van der Waals surface area contributed by atoms with Gasteiger partial charge in [-0.3, -0.25) is 4.90 Å². The van der Waals surface area contributed by atoms with Crippen LogP contribution in [0.1, 0.15) is 35.5 Å². The first kappa shape index (κ1) is 12.3. The number of likely N-dealkylation sites (tertiary alicyclic amines) is 1.